The molecule has 100 heavy (non-hydrogen) atoms. The second-order valence-electron chi connectivity index (χ2n) is 24.5. The van der Waals surface area contributed by atoms with Gasteiger partial charge in [0.1, 0.15) is 23.0 Å². The van der Waals surface area contributed by atoms with Gasteiger partial charge in [-0.25, -0.2) is 0 Å². The number of halogens is 4. The molecule has 24 heteroatoms. The molecule has 8 aromatic rings. The average molecular weight is 1370 g/mol. The van der Waals surface area contributed by atoms with Gasteiger partial charge in [-0.3, -0.25) is 19.2 Å². The molecule has 0 spiro atoms. The Balaban J connectivity index is 0.000000120. The number of nitrogens with one attached hydrogen (secondary N) is 4. The molecule has 20 nitrogen and oxygen atoms in total. The molecule has 4 atom stereocenters. The Hall–Kier alpha value is -11.0. The first-order chi connectivity index (χ1) is 48.4. The number of rotatable bonds is 16. The van der Waals surface area contributed by atoms with Crippen molar-refractivity contribution in [3.8, 4) is 69.0 Å². The third kappa shape index (κ3) is 14.7. The second kappa shape index (κ2) is 29.2. The van der Waals surface area contributed by atoms with Crippen LogP contribution in [0.25, 0.3) is 0 Å². The maximum atomic E-state index is 13.4. The van der Waals surface area contributed by atoms with E-state index in [1.54, 1.807) is 7.11 Å². The molecule has 0 radical (unpaired) electrons. The van der Waals surface area contributed by atoms with Crippen molar-refractivity contribution < 1.29 is 93.6 Å². The molecule has 0 bridgehead atoms. The summed E-state index contributed by atoms with van der Waals surface area (Å²) in [4.78, 5) is 48.8. The third-order valence-corrected chi connectivity index (χ3v) is 17.8. The third-order valence-electron chi connectivity index (χ3n) is 17.8. The van der Waals surface area contributed by atoms with E-state index in [1.807, 2.05) is 128 Å². The molecule has 8 aliphatic heterocycles. The largest absolute Gasteiger partial charge is 0.586 e. The van der Waals surface area contributed by atoms with Crippen molar-refractivity contribution in [1.29, 1.82) is 0 Å². The van der Waals surface area contributed by atoms with Crippen molar-refractivity contribution in [3.63, 3.8) is 0 Å². The predicted molar refractivity (Wildman–Crippen MR) is 360 cm³/mol. The van der Waals surface area contributed by atoms with E-state index in [-0.39, 0.29) is 96.7 Å². The van der Waals surface area contributed by atoms with E-state index in [4.69, 9.17) is 37.9 Å². The van der Waals surface area contributed by atoms with Gasteiger partial charge in [-0.2, -0.15) is 0 Å². The van der Waals surface area contributed by atoms with Crippen LogP contribution in [0.15, 0.2) is 146 Å². The molecule has 0 saturated carbocycles. The normalized spacial score (nSPS) is 18.9. The van der Waals surface area contributed by atoms with E-state index >= 15 is 0 Å². The zero-order valence-corrected chi connectivity index (χ0v) is 55.1. The van der Waals surface area contributed by atoms with E-state index in [0.29, 0.717) is 78.2 Å². The summed E-state index contributed by atoms with van der Waals surface area (Å²) < 4.78 is 117. The van der Waals surface area contributed by atoms with E-state index < -0.39 is 12.6 Å². The number of fused-ring (bicyclic) bond motifs is 8. The summed E-state index contributed by atoms with van der Waals surface area (Å²) >= 11 is 0. The van der Waals surface area contributed by atoms with Gasteiger partial charge in [-0.1, -0.05) is 106 Å². The van der Waals surface area contributed by atoms with Crippen molar-refractivity contribution in [2.24, 2.45) is 0 Å². The van der Waals surface area contributed by atoms with Crippen LogP contribution in [0.5, 0.6) is 69.0 Å². The van der Waals surface area contributed by atoms with Gasteiger partial charge in [0.2, 0.25) is 37.2 Å². The monoisotopic (exact) mass is 1370 g/mol. The number of unbranched alkanes of at least 4 members (excludes halogenated alkanes) is 2. The number of ether oxygens (including phenoxy) is 12. The molecule has 520 valence electrons. The fraction of sp³-hybridized carbons (Fsp3) is 0.316. The Morgan fingerprint density at radius 2 is 0.630 bits per heavy atom. The quantitative estimate of drug-likeness (QED) is 0.0521. The molecule has 0 aliphatic carbocycles. The highest BCUT2D eigenvalue weighted by Gasteiger charge is 2.47. The summed E-state index contributed by atoms with van der Waals surface area (Å²) in [5.41, 5.74) is 9.61. The van der Waals surface area contributed by atoms with Gasteiger partial charge in [-0.15, -0.1) is 17.6 Å². The predicted octanol–water partition coefficient (Wildman–Crippen LogP) is 15.9. The maximum absolute atomic E-state index is 13.4. The van der Waals surface area contributed by atoms with Gasteiger partial charge in [0.25, 0.3) is 0 Å². The standard InChI is InChI=1S/C20H19F2NO4.C20H21NO4.C19H17F2NO4.C17H15NO4/c1-2-3-8-25-16-7-5-4-6-12(16)13-10-19(24)23-15-11-18-17(9-14(13)15)26-20(21,22)27-18;1-2-3-8-23-17-7-5-4-6-13(17)14-10-20(22)21-16-11-19-18(9-15(14)16)24-12-25-19;1-2-7-24-15-6-4-3-5-11(15)12-9-18(23)22-14-10-17-16(8-13(12)14)25-19(20,21)26-17;1-20-14-5-3-2-4-10(14)11-7-17(19)18-13-8-16-15(6-12(11)13)21-9-22-16/h4-7,9,11,13H,2-3,8,10H2,1H3,(H,23,24);4-7,9,11,14H,2-3,8,10,12H2,1H3,(H,21,22);3-6,8,10,12H,2,7,9H2,1H3,(H,22,23);2-6,8,11H,7,9H2,1H3,(H,18,19). The molecule has 0 fully saturated rings. The number of alkyl halides is 4. The molecule has 0 saturated heterocycles. The average Bonchev–Trinajstić information content (AvgIpc) is 1.36. The number of hydrogen-bond acceptors (Lipinski definition) is 16. The Bertz CT molecular complexity index is 4420. The van der Waals surface area contributed by atoms with Crippen LogP contribution >= 0.6 is 0 Å². The number of carbonyl (C=O) groups excluding carboxylic acids is 4. The van der Waals surface area contributed by atoms with Gasteiger partial charge in [0.15, 0.2) is 46.0 Å². The van der Waals surface area contributed by atoms with Gasteiger partial charge < -0.3 is 78.1 Å². The number of methoxy groups -OCH3 is 1. The molecule has 8 aliphatic rings. The first kappa shape index (κ1) is 67.5. The lowest BCUT2D eigenvalue weighted by Gasteiger charge is -2.27. The highest BCUT2D eigenvalue weighted by Crippen LogP contribution is 2.53. The number of benzene rings is 8. The van der Waals surface area contributed by atoms with Gasteiger partial charge in [0.05, 0.1) is 26.9 Å². The van der Waals surface area contributed by atoms with Crippen LogP contribution in [-0.4, -0.2) is 76.7 Å². The molecule has 8 heterocycles. The van der Waals surface area contributed by atoms with Crippen LogP contribution in [-0.2, 0) is 19.2 Å². The molecular formula is C76H72F4N4O16. The van der Waals surface area contributed by atoms with Crippen molar-refractivity contribution in [3.05, 3.63) is 190 Å². The topological polar surface area (TPSA) is 227 Å². The SMILES string of the molecule is CCCCOc1ccccc1C1CC(=O)Nc2cc3c(cc21)OC(F)(F)O3.CCCCOc1ccccc1C1CC(=O)Nc2cc3c(cc21)OCO3.CCCOc1ccccc1C1CC(=O)Nc2cc3c(cc21)OC(F)(F)O3.COc1ccccc1C1CC(=O)Nc2cc3c(cc21)OCO3. The number of anilines is 4. The highest BCUT2D eigenvalue weighted by atomic mass is 19.3. The van der Waals surface area contributed by atoms with E-state index in [1.165, 1.54) is 24.3 Å². The molecule has 0 aromatic heterocycles. The van der Waals surface area contributed by atoms with Crippen LogP contribution in [0, 0.1) is 0 Å². The fourth-order valence-corrected chi connectivity index (χ4v) is 13.1. The first-order valence-corrected chi connectivity index (χ1v) is 33.2. The Morgan fingerprint density at radius 1 is 0.360 bits per heavy atom. The van der Waals surface area contributed by atoms with Crippen LogP contribution < -0.4 is 78.1 Å². The summed E-state index contributed by atoms with van der Waals surface area (Å²) in [6.07, 6.45) is -1.38. The minimum atomic E-state index is -3.70. The Labute approximate surface area is 573 Å². The lowest BCUT2D eigenvalue weighted by Crippen LogP contribution is -2.25. The summed E-state index contributed by atoms with van der Waals surface area (Å²) in [6, 6.07) is 44.1. The van der Waals surface area contributed by atoms with Crippen molar-refractivity contribution in [2.75, 3.05) is 61.8 Å². The van der Waals surface area contributed by atoms with E-state index in [2.05, 4.69) is 54.1 Å². The smallest absolute Gasteiger partial charge is 0.496 e. The summed E-state index contributed by atoms with van der Waals surface area (Å²) in [5.74, 6) is 4.36. The number of amides is 4. The fourth-order valence-electron chi connectivity index (χ4n) is 13.1. The van der Waals surface area contributed by atoms with Crippen LogP contribution in [0.1, 0.15) is 147 Å². The minimum Gasteiger partial charge on any atom is -0.496 e. The summed E-state index contributed by atoms with van der Waals surface area (Å²) in [5, 5.41) is 11.3. The first-order valence-electron chi connectivity index (χ1n) is 33.2. The van der Waals surface area contributed by atoms with E-state index in [0.717, 1.165) is 99.9 Å². The van der Waals surface area contributed by atoms with Gasteiger partial charge >= 0.3 is 12.6 Å². The summed E-state index contributed by atoms with van der Waals surface area (Å²) in [6.45, 7) is 8.46. The van der Waals surface area contributed by atoms with Crippen LogP contribution in [0.2, 0.25) is 0 Å². The highest BCUT2D eigenvalue weighted by molar-refractivity contribution is 5.99. The second-order valence-corrected chi connectivity index (χ2v) is 24.5. The maximum Gasteiger partial charge on any atom is 0.586 e. The molecular weight excluding hydrogens is 1300 g/mol. The molecule has 4 amide bonds. The molecule has 4 unspecified atom stereocenters. The van der Waals surface area contributed by atoms with Crippen molar-refractivity contribution >= 4 is 46.4 Å². The lowest BCUT2D eigenvalue weighted by molar-refractivity contribution is -0.287. The molecule has 4 N–H and O–H groups in total. The number of hydrogen-bond donors (Lipinski definition) is 4. The molecule has 16 rings (SSSR count). The molecule has 8 aromatic carbocycles. The minimum absolute atomic E-state index is 0.000253. The number of carbonyl (C=O) groups is 4. The van der Waals surface area contributed by atoms with E-state index in [9.17, 15) is 36.7 Å². The lowest BCUT2D eigenvalue weighted by atomic mass is 9.84. The van der Waals surface area contributed by atoms with Crippen molar-refractivity contribution in [2.45, 2.75) is 115 Å². The van der Waals surface area contributed by atoms with Gasteiger partial charge in [-0.05, 0) is 90.0 Å². The van der Waals surface area contributed by atoms with Crippen LogP contribution in [0.4, 0.5) is 40.3 Å². The Morgan fingerprint density at radius 3 is 0.950 bits per heavy atom. The zero-order valence-electron chi connectivity index (χ0n) is 55.1. The zero-order chi connectivity index (χ0) is 69.7. The number of para-hydroxylation sites is 4. The van der Waals surface area contributed by atoms with Crippen LogP contribution in [0.3, 0.4) is 0 Å². The summed E-state index contributed by atoms with van der Waals surface area (Å²) in [7, 11) is 1.64. The Kier molecular flexibility index (Phi) is 19.7. The van der Waals surface area contributed by atoms with Gasteiger partial charge in [0, 0.05) is 119 Å². The van der Waals surface area contributed by atoms with Crippen molar-refractivity contribution in [1.82, 2.24) is 0 Å².